The topological polar surface area (TPSA) is 86.2 Å². The summed E-state index contributed by atoms with van der Waals surface area (Å²) in [5.41, 5.74) is 2.71. The first-order valence-corrected chi connectivity index (χ1v) is 8.16. The number of fused-ring (bicyclic) bond motifs is 1. The molecule has 0 aliphatic carbocycles. The molecule has 0 radical (unpaired) electrons. The van der Waals surface area contributed by atoms with Crippen LogP contribution in [0.4, 0.5) is 14.9 Å². The Bertz CT molecular complexity index is 886. The summed E-state index contributed by atoms with van der Waals surface area (Å²) in [5, 5.41) is 10.4. The Morgan fingerprint density at radius 2 is 2.20 bits per heavy atom. The molecule has 3 heterocycles. The number of aromatic nitrogens is 2. The maximum atomic E-state index is 14.2. The zero-order valence-electron chi connectivity index (χ0n) is 13.5. The van der Waals surface area contributed by atoms with Crippen molar-refractivity contribution in [3.63, 3.8) is 0 Å². The number of anilines is 1. The number of aromatic amines is 1. The number of rotatable bonds is 5. The van der Waals surface area contributed by atoms with Crippen molar-refractivity contribution < 1.29 is 13.7 Å². The molecular formula is C17H18FN5O2. The molecule has 1 aromatic carbocycles. The lowest BCUT2D eigenvalue weighted by Crippen LogP contribution is -2.47. The maximum Gasteiger partial charge on any atom is 0.317 e. The Morgan fingerprint density at radius 3 is 2.92 bits per heavy atom. The fourth-order valence-corrected chi connectivity index (χ4v) is 2.76. The predicted octanol–water partition coefficient (Wildman–Crippen LogP) is 2.82. The number of benzene rings is 1. The van der Waals surface area contributed by atoms with E-state index >= 15 is 0 Å². The van der Waals surface area contributed by atoms with Crippen LogP contribution in [0, 0.1) is 5.82 Å². The molecule has 2 amide bonds. The first kappa shape index (κ1) is 15.5. The Morgan fingerprint density at radius 1 is 1.32 bits per heavy atom. The van der Waals surface area contributed by atoms with E-state index in [1.54, 1.807) is 17.0 Å². The van der Waals surface area contributed by atoms with Gasteiger partial charge >= 0.3 is 6.03 Å². The van der Waals surface area contributed by atoms with E-state index < -0.39 is 0 Å². The summed E-state index contributed by atoms with van der Waals surface area (Å²) in [5.74, 6) is -0.342. The monoisotopic (exact) mass is 343 g/mol. The summed E-state index contributed by atoms with van der Waals surface area (Å²) in [6, 6.07) is 6.68. The van der Waals surface area contributed by atoms with Crippen molar-refractivity contribution in [3.05, 3.63) is 47.7 Å². The van der Waals surface area contributed by atoms with Crippen LogP contribution in [0.2, 0.25) is 0 Å². The minimum atomic E-state index is -0.342. The molecule has 1 aliphatic rings. The van der Waals surface area contributed by atoms with E-state index in [-0.39, 0.29) is 11.8 Å². The van der Waals surface area contributed by atoms with E-state index in [2.05, 4.69) is 20.8 Å². The van der Waals surface area contributed by atoms with Gasteiger partial charge in [-0.2, -0.15) is 0 Å². The molecule has 0 saturated carbocycles. The van der Waals surface area contributed by atoms with Crippen LogP contribution in [0.1, 0.15) is 17.8 Å². The quantitative estimate of drug-likeness (QED) is 0.665. The van der Waals surface area contributed by atoms with Crippen LogP contribution in [-0.2, 0) is 13.1 Å². The van der Waals surface area contributed by atoms with Gasteiger partial charge in [-0.25, -0.2) is 9.18 Å². The molecule has 4 rings (SSSR count). The first-order chi connectivity index (χ1) is 12.2. The molecule has 0 spiro atoms. The minimum Gasteiger partial charge on any atom is -0.377 e. The second-order valence-electron chi connectivity index (χ2n) is 6.06. The van der Waals surface area contributed by atoms with Gasteiger partial charge in [-0.1, -0.05) is 5.16 Å². The molecule has 25 heavy (non-hydrogen) atoms. The molecule has 1 fully saturated rings. The number of nitrogens with zero attached hydrogens (tertiary/aromatic N) is 2. The fourth-order valence-electron chi connectivity index (χ4n) is 2.76. The summed E-state index contributed by atoms with van der Waals surface area (Å²) < 4.78 is 19.0. The van der Waals surface area contributed by atoms with Crippen LogP contribution in [0.15, 0.2) is 35.1 Å². The van der Waals surface area contributed by atoms with Crippen LogP contribution < -0.4 is 10.6 Å². The number of carbonyl (C=O) groups is 1. The molecule has 7 nitrogen and oxygen atoms in total. The SMILES string of the molecule is O=C(NCc1cc2cc(F)c(NCc3ccon3)cc2[nH]1)N1CCC1. The summed E-state index contributed by atoms with van der Waals surface area (Å²) in [6.07, 6.45) is 2.53. The zero-order chi connectivity index (χ0) is 17.2. The molecule has 8 heteroatoms. The number of halogens is 1. The predicted molar refractivity (Wildman–Crippen MR) is 90.5 cm³/mol. The number of nitrogens with one attached hydrogen (secondary N) is 3. The molecule has 0 unspecified atom stereocenters. The number of hydrogen-bond donors (Lipinski definition) is 3. The summed E-state index contributed by atoms with van der Waals surface area (Å²) in [4.78, 5) is 16.8. The van der Waals surface area contributed by atoms with Gasteiger partial charge in [0.15, 0.2) is 0 Å². The van der Waals surface area contributed by atoms with Crippen molar-refractivity contribution in [2.24, 2.45) is 0 Å². The second-order valence-corrected chi connectivity index (χ2v) is 6.06. The van der Waals surface area contributed by atoms with Gasteiger partial charge in [0.05, 0.1) is 18.8 Å². The third-order valence-corrected chi connectivity index (χ3v) is 4.29. The molecule has 3 N–H and O–H groups in total. The van der Waals surface area contributed by atoms with Gasteiger partial charge in [0, 0.05) is 35.8 Å². The third-order valence-electron chi connectivity index (χ3n) is 4.29. The van der Waals surface area contributed by atoms with Gasteiger partial charge in [-0.15, -0.1) is 0 Å². The van der Waals surface area contributed by atoms with E-state index in [1.807, 2.05) is 6.07 Å². The van der Waals surface area contributed by atoms with Crippen LogP contribution in [-0.4, -0.2) is 34.2 Å². The Hall–Kier alpha value is -3.03. The lowest BCUT2D eigenvalue weighted by Gasteiger charge is -2.30. The highest BCUT2D eigenvalue weighted by Gasteiger charge is 2.19. The van der Waals surface area contributed by atoms with E-state index in [9.17, 15) is 9.18 Å². The lowest BCUT2D eigenvalue weighted by molar-refractivity contribution is 0.167. The molecule has 2 aromatic heterocycles. The van der Waals surface area contributed by atoms with Gasteiger partial charge in [0.2, 0.25) is 0 Å². The normalized spacial score (nSPS) is 13.7. The van der Waals surface area contributed by atoms with Crippen molar-refractivity contribution in [1.29, 1.82) is 0 Å². The van der Waals surface area contributed by atoms with Crippen LogP contribution in [0.25, 0.3) is 10.9 Å². The van der Waals surface area contributed by atoms with E-state index in [4.69, 9.17) is 4.52 Å². The van der Waals surface area contributed by atoms with Crippen molar-refractivity contribution in [1.82, 2.24) is 20.4 Å². The van der Waals surface area contributed by atoms with E-state index in [0.29, 0.717) is 24.5 Å². The molecule has 0 bridgehead atoms. The van der Waals surface area contributed by atoms with Crippen LogP contribution >= 0.6 is 0 Å². The Labute approximate surface area is 143 Å². The van der Waals surface area contributed by atoms with Gasteiger partial charge < -0.3 is 25.0 Å². The van der Waals surface area contributed by atoms with Crippen LogP contribution in [0.5, 0.6) is 0 Å². The Kier molecular flexibility index (Phi) is 4.01. The largest absolute Gasteiger partial charge is 0.377 e. The van der Waals surface area contributed by atoms with Crippen LogP contribution in [0.3, 0.4) is 0 Å². The van der Waals surface area contributed by atoms with Gasteiger partial charge in [-0.3, -0.25) is 0 Å². The molecular weight excluding hydrogens is 325 g/mol. The average molecular weight is 343 g/mol. The second kappa shape index (κ2) is 6.46. The molecule has 1 saturated heterocycles. The number of urea groups is 1. The number of carbonyl (C=O) groups excluding carboxylic acids is 1. The smallest absolute Gasteiger partial charge is 0.317 e. The third kappa shape index (κ3) is 3.28. The average Bonchev–Trinajstić information content (AvgIpc) is 3.17. The first-order valence-electron chi connectivity index (χ1n) is 8.16. The number of amides is 2. The fraction of sp³-hybridized carbons (Fsp3) is 0.294. The molecule has 0 atom stereocenters. The summed E-state index contributed by atoms with van der Waals surface area (Å²) in [6.45, 7) is 2.38. The van der Waals surface area contributed by atoms with Crippen molar-refractivity contribution >= 4 is 22.6 Å². The molecule has 130 valence electrons. The van der Waals surface area contributed by atoms with Crippen molar-refractivity contribution in [3.8, 4) is 0 Å². The van der Waals surface area contributed by atoms with Gasteiger partial charge in [0.1, 0.15) is 17.8 Å². The van der Waals surface area contributed by atoms with Gasteiger partial charge in [0.25, 0.3) is 0 Å². The summed E-state index contributed by atoms with van der Waals surface area (Å²) >= 11 is 0. The minimum absolute atomic E-state index is 0.0638. The molecule has 3 aromatic rings. The van der Waals surface area contributed by atoms with E-state index in [0.717, 1.165) is 36.1 Å². The van der Waals surface area contributed by atoms with Gasteiger partial charge in [-0.05, 0) is 24.6 Å². The highest BCUT2D eigenvalue weighted by molar-refractivity contribution is 5.84. The Balaban J connectivity index is 1.45. The highest BCUT2D eigenvalue weighted by atomic mass is 19.1. The maximum absolute atomic E-state index is 14.2. The number of hydrogen-bond acceptors (Lipinski definition) is 4. The van der Waals surface area contributed by atoms with E-state index in [1.165, 1.54) is 12.3 Å². The zero-order valence-corrected chi connectivity index (χ0v) is 13.5. The van der Waals surface area contributed by atoms with Crippen molar-refractivity contribution in [2.75, 3.05) is 18.4 Å². The lowest BCUT2D eigenvalue weighted by atomic mass is 10.2. The highest BCUT2D eigenvalue weighted by Crippen LogP contribution is 2.24. The summed E-state index contributed by atoms with van der Waals surface area (Å²) in [7, 11) is 0. The number of likely N-dealkylation sites (tertiary alicyclic amines) is 1. The molecule has 1 aliphatic heterocycles. The standard InChI is InChI=1S/C17H18FN5O2/c18-14-7-11-6-13(10-20-17(24)23-3-1-4-23)21-15(11)8-16(14)19-9-12-2-5-25-22-12/h2,5-8,19,21H,1,3-4,9-10H2,(H,20,24). The number of H-pyrrole nitrogens is 1. The van der Waals surface area contributed by atoms with Crippen molar-refractivity contribution in [2.45, 2.75) is 19.5 Å².